The molecule has 0 amide bonds. The number of fused-ring (bicyclic) bond motifs is 1. The highest BCUT2D eigenvalue weighted by Crippen LogP contribution is 2.27. The lowest BCUT2D eigenvalue weighted by Gasteiger charge is -2.22. The minimum absolute atomic E-state index is 0.0417. The summed E-state index contributed by atoms with van der Waals surface area (Å²) >= 11 is 0. The van der Waals surface area contributed by atoms with Crippen molar-refractivity contribution < 1.29 is 8.42 Å². The molecular weight excluding hydrogens is 384 g/mol. The van der Waals surface area contributed by atoms with Gasteiger partial charge < -0.3 is 10.2 Å². The summed E-state index contributed by atoms with van der Waals surface area (Å²) in [7, 11) is -3.39. The summed E-state index contributed by atoms with van der Waals surface area (Å²) in [4.78, 5) is 7.04. The van der Waals surface area contributed by atoms with Crippen molar-refractivity contribution in [2.45, 2.75) is 45.5 Å². The monoisotopic (exact) mass is 414 g/mol. The zero-order valence-corrected chi connectivity index (χ0v) is 18.2. The minimum Gasteiger partial charge on any atom is -0.356 e. The molecule has 0 saturated heterocycles. The fourth-order valence-corrected chi connectivity index (χ4v) is 5.06. The summed E-state index contributed by atoms with van der Waals surface area (Å²) in [6.45, 7) is 7.78. The van der Waals surface area contributed by atoms with Crippen LogP contribution in [0.15, 0.2) is 53.5 Å². The normalized spacial score (nSPS) is 14.3. The van der Waals surface area contributed by atoms with Gasteiger partial charge in [-0.05, 0) is 49.9 Å². The molecule has 7 heteroatoms. The summed E-state index contributed by atoms with van der Waals surface area (Å²) < 4.78 is 27.4. The first-order chi connectivity index (χ1) is 13.9. The molecular formula is C22H30N4O2S. The predicted octanol–water partition coefficient (Wildman–Crippen LogP) is 3.04. The van der Waals surface area contributed by atoms with Crippen molar-refractivity contribution in [2.75, 3.05) is 18.0 Å². The van der Waals surface area contributed by atoms with E-state index in [1.165, 1.54) is 11.3 Å². The number of nitrogens with zero attached hydrogens (tertiary/aromatic N) is 2. The molecule has 6 nitrogen and oxygen atoms in total. The Hall–Kier alpha value is -2.38. The molecule has 3 rings (SSSR count). The molecule has 2 aromatic carbocycles. The van der Waals surface area contributed by atoms with Gasteiger partial charge in [-0.15, -0.1) is 0 Å². The largest absolute Gasteiger partial charge is 0.356 e. The van der Waals surface area contributed by atoms with Crippen molar-refractivity contribution in [1.82, 2.24) is 10.0 Å². The van der Waals surface area contributed by atoms with Crippen molar-refractivity contribution >= 4 is 21.7 Å². The lowest BCUT2D eigenvalue weighted by Crippen LogP contribution is -2.40. The molecule has 2 aromatic rings. The lowest BCUT2D eigenvalue weighted by molar-refractivity contribution is 0.569. The summed E-state index contributed by atoms with van der Waals surface area (Å²) in [5, 5.41) is 3.37. The van der Waals surface area contributed by atoms with Crippen LogP contribution in [0, 0.1) is 0 Å². The molecule has 0 radical (unpaired) electrons. The van der Waals surface area contributed by atoms with Gasteiger partial charge in [0.05, 0.1) is 12.3 Å². The number of nitrogens with one attached hydrogen (secondary N) is 2. The Bertz CT molecular complexity index is 970. The zero-order valence-electron chi connectivity index (χ0n) is 17.4. The molecule has 0 atom stereocenters. The van der Waals surface area contributed by atoms with Gasteiger partial charge in [0.1, 0.15) is 0 Å². The molecule has 0 unspecified atom stereocenters. The van der Waals surface area contributed by atoms with Crippen LogP contribution in [0.25, 0.3) is 0 Å². The number of hydrogen-bond acceptors (Lipinski definition) is 3. The van der Waals surface area contributed by atoms with Crippen LogP contribution in [0.1, 0.15) is 37.5 Å². The topological polar surface area (TPSA) is 73.8 Å². The maximum Gasteiger partial charge on any atom is 0.216 e. The molecule has 0 bridgehead atoms. The fourth-order valence-electron chi connectivity index (χ4n) is 3.57. The molecule has 1 aliphatic heterocycles. The van der Waals surface area contributed by atoms with Crippen LogP contribution >= 0.6 is 0 Å². The average Bonchev–Trinajstić information content (AvgIpc) is 3.09. The van der Waals surface area contributed by atoms with E-state index in [2.05, 4.69) is 40.1 Å². The van der Waals surface area contributed by atoms with Crippen molar-refractivity contribution in [3.05, 3.63) is 65.2 Å². The van der Waals surface area contributed by atoms with E-state index in [0.29, 0.717) is 6.54 Å². The van der Waals surface area contributed by atoms with Crippen molar-refractivity contribution in [1.29, 1.82) is 0 Å². The van der Waals surface area contributed by atoms with Gasteiger partial charge in [-0.3, -0.25) is 0 Å². The molecule has 0 aliphatic carbocycles. The SMILES string of the molecule is CCNC(=NCc1ccccc1CS(=O)(=O)NC(C)C)N1CCc2ccccc21. The molecule has 0 fully saturated rings. The highest BCUT2D eigenvalue weighted by molar-refractivity contribution is 7.88. The number of anilines is 1. The quantitative estimate of drug-likeness (QED) is 0.539. The third-order valence-electron chi connectivity index (χ3n) is 4.76. The van der Waals surface area contributed by atoms with E-state index in [4.69, 9.17) is 4.99 Å². The Balaban J connectivity index is 1.82. The van der Waals surface area contributed by atoms with Crippen molar-refractivity contribution in [2.24, 2.45) is 4.99 Å². The summed E-state index contributed by atoms with van der Waals surface area (Å²) in [6, 6.07) is 15.9. The highest BCUT2D eigenvalue weighted by atomic mass is 32.2. The van der Waals surface area contributed by atoms with Crippen LogP contribution in [0.3, 0.4) is 0 Å². The summed E-state index contributed by atoms with van der Waals surface area (Å²) in [5.41, 5.74) is 4.21. The highest BCUT2D eigenvalue weighted by Gasteiger charge is 2.22. The Kier molecular flexibility index (Phi) is 6.92. The second-order valence-electron chi connectivity index (χ2n) is 7.50. The molecule has 0 saturated carbocycles. The van der Waals surface area contributed by atoms with E-state index >= 15 is 0 Å². The maximum absolute atomic E-state index is 12.4. The molecule has 1 heterocycles. The van der Waals surface area contributed by atoms with Crippen LogP contribution in [0.4, 0.5) is 5.69 Å². The standard InChI is InChI=1S/C22H30N4O2S/c1-4-23-22(26-14-13-18-9-7-8-12-21(18)26)24-15-19-10-5-6-11-20(19)16-29(27,28)25-17(2)3/h5-12,17,25H,4,13-16H2,1-3H3,(H,23,24). The van der Waals surface area contributed by atoms with E-state index < -0.39 is 10.0 Å². The van der Waals surface area contributed by atoms with Gasteiger partial charge in [0, 0.05) is 24.8 Å². The molecule has 2 N–H and O–H groups in total. The Morgan fingerprint density at radius 3 is 2.52 bits per heavy atom. The van der Waals surface area contributed by atoms with E-state index in [9.17, 15) is 8.42 Å². The van der Waals surface area contributed by atoms with Gasteiger partial charge in [0.15, 0.2) is 5.96 Å². The zero-order chi connectivity index (χ0) is 20.9. The Labute approximate surface area is 174 Å². The smallest absolute Gasteiger partial charge is 0.216 e. The Morgan fingerprint density at radius 2 is 1.79 bits per heavy atom. The predicted molar refractivity (Wildman–Crippen MR) is 120 cm³/mol. The van der Waals surface area contributed by atoms with Gasteiger partial charge >= 0.3 is 0 Å². The second kappa shape index (κ2) is 9.41. The number of para-hydroxylation sites is 1. The summed E-state index contributed by atoms with van der Waals surface area (Å²) in [5.74, 6) is 0.787. The lowest BCUT2D eigenvalue weighted by atomic mass is 10.1. The minimum atomic E-state index is -3.39. The first-order valence-electron chi connectivity index (χ1n) is 10.1. The van der Waals surface area contributed by atoms with Crippen molar-refractivity contribution in [3.63, 3.8) is 0 Å². The number of rotatable bonds is 7. The molecule has 1 aliphatic rings. The van der Waals surface area contributed by atoms with Gasteiger partial charge in [-0.2, -0.15) is 0 Å². The maximum atomic E-state index is 12.4. The summed E-state index contributed by atoms with van der Waals surface area (Å²) in [6.07, 6.45) is 0.996. The first kappa shape index (κ1) is 21.3. The van der Waals surface area contributed by atoms with Gasteiger partial charge in [0.25, 0.3) is 0 Å². The van der Waals surface area contributed by atoms with Crippen LogP contribution in [-0.2, 0) is 28.7 Å². The van der Waals surface area contributed by atoms with Crippen LogP contribution in [0.2, 0.25) is 0 Å². The van der Waals surface area contributed by atoms with E-state index in [1.54, 1.807) is 0 Å². The van der Waals surface area contributed by atoms with E-state index in [1.807, 2.05) is 44.2 Å². The van der Waals surface area contributed by atoms with E-state index in [-0.39, 0.29) is 11.8 Å². The van der Waals surface area contributed by atoms with Crippen molar-refractivity contribution in [3.8, 4) is 0 Å². The molecule has 156 valence electrons. The van der Waals surface area contributed by atoms with Gasteiger partial charge in [-0.25, -0.2) is 18.1 Å². The van der Waals surface area contributed by atoms with E-state index in [0.717, 1.165) is 36.6 Å². The average molecular weight is 415 g/mol. The number of sulfonamides is 1. The molecule has 29 heavy (non-hydrogen) atoms. The number of guanidine groups is 1. The van der Waals surface area contributed by atoms with Crippen LogP contribution in [-0.4, -0.2) is 33.5 Å². The fraction of sp³-hybridized carbons (Fsp3) is 0.409. The number of benzene rings is 2. The molecule has 0 spiro atoms. The van der Waals surface area contributed by atoms with Gasteiger partial charge in [-0.1, -0.05) is 42.5 Å². The second-order valence-corrected chi connectivity index (χ2v) is 9.25. The van der Waals surface area contributed by atoms with Gasteiger partial charge in [0.2, 0.25) is 10.0 Å². The third kappa shape index (κ3) is 5.58. The van der Waals surface area contributed by atoms with Crippen LogP contribution < -0.4 is 14.9 Å². The molecule has 0 aromatic heterocycles. The first-order valence-corrected chi connectivity index (χ1v) is 11.8. The third-order valence-corrected chi connectivity index (χ3v) is 6.28. The Morgan fingerprint density at radius 1 is 1.10 bits per heavy atom. The number of hydrogen-bond donors (Lipinski definition) is 2. The van der Waals surface area contributed by atoms with Crippen LogP contribution in [0.5, 0.6) is 0 Å². The number of aliphatic imine (C=N–C) groups is 1.